The van der Waals surface area contributed by atoms with Gasteiger partial charge in [-0.05, 0) is 43.4 Å². The van der Waals surface area contributed by atoms with Crippen LogP contribution in [0.4, 0.5) is 5.00 Å². The van der Waals surface area contributed by atoms with Crippen molar-refractivity contribution in [3.63, 3.8) is 0 Å². The fraction of sp³-hybridized carbons (Fsp3) is 0.250. The van der Waals surface area contributed by atoms with Crippen molar-refractivity contribution in [2.45, 2.75) is 25.7 Å². The Labute approximate surface area is 159 Å². The van der Waals surface area contributed by atoms with Crippen molar-refractivity contribution in [1.82, 2.24) is 0 Å². The Kier molecular flexibility index (Phi) is 4.42. The van der Waals surface area contributed by atoms with E-state index in [2.05, 4.69) is 11.4 Å². The van der Waals surface area contributed by atoms with Crippen molar-refractivity contribution < 1.29 is 13.9 Å². The number of nitrogens with one attached hydrogen (secondary N) is 2. The van der Waals surface area contributed by atoms with E-state index in [0.717, 1.165) is 31.2 Å². The molecule has 1 aliphatic rings. The molecule has 1 aromatic carbocycles. The van der Waals surface area contributed by atoms with Gasteiger partial charge >= 0.3 is 0 Å². The summed E-state index contributed by atoms with van der Waals surface area (Å²) in [6, 6.07) is 9.16. The molecule has 0 aliphatic heterocycles. The lowest BCUT2D eigenvalue weighted by Crippen LogP contribution is -2.20. The number of ether oxygens (including phenoxy) is 1. The van der Waals surface area contributed by atoms with Crippen LogP contribution in [0.2, 0.25) is 0 Å². The number of hydrogen-bond donors (Lipinski definition) is 2. The summed E-state index contributed by atoms with van der Waals surface area (Å²) in [5.74, 6) is 0.0502. The summed E-state index contributed by atoms with van der Waals surface area (Å²) in [6.07, 6.45) is 3.99. The van der Waals surface area contributed by atoms with Crippen LogP contribution in [0.15, 0.2) is 28.7 Å². The van der Waals surface area contributed by atoms with Crippen LogP contribution in [0, 0.1) is 16.7 Å². The number of carbonyl (C=O) groups excluding carboxylic acids is 1. The van der Waals surface area contributed by atoms with E-state index in [1.807, 2.05) is 0 Å². The third kappa shape index (κ3) is 2.98. The Morgan fingerprint density at radius 1 is 1.37 bits per heavy atom. The zero-order chi connectivity index (χ0) is 19.0. The van der Waals surface area contributed by atoms with Gasteiger partial charge in [0.2, 0.25) is 5.55 Å². The minimum Gasteiger partial charge on any atom is -0.493 e. The van der Waals surface area contributed by atoms with Crippen LogP contribution >= 0.6 is 11.3 Å². The van der Waals surface area contributed by atoms with E-state index in [1.165, 1.54) is 23.3 Å². The number of hydrogen-bond acceptors (Lipinski definition) is 6. The van der Waals surface area contributed by atoms with Crippen molar-refractivity contribution in [3.8, 4) is 11.8 Å². The van der Waals surface area contributed by atoms with Crippen molar-refractivity contribution in [2.75, 3.05) is 12.4 Å². The van der Waals surface area contributed by atoms with Crippen LogP contribution in [-0.2, 0) is 12.8 Å². The quantitative estimate of drug-likeness (QED) is 0.719. The van der Waals surface area contributed by atoms with Crippen LogP contribution in [-0.4, -0.2) is 13.0 Å². The highest BCUT2D eigenvalue weighted by atomic mass is 32.1. The minimum atomic E-state index is -0.455. The predicted octanol–water partition coefficient (Wildman–Crippen LogP) is 3.99. The second kappa shape index (κ2) is 6.89. The van der Waals surface area contributed by atoms with Gasteiger partial charge in [0.15, 0.2) is 11.3 Å². The Bertz CT molecular complexity index is 1150. The van der Waals surface area contributed by atoms with Gasteiger partial charge < -0.3 is 14.5 Å². The average Bonchev–Trinajstić information content (AvgIpc) is 3.03. The minimum absolute atomic E-state index is 0.117. The third-order valence-electron chi connectivity index (χ3n) is 4.73. The Morgan fingerprint density at radius 3 is 2.96 bits per heavy atom. The maximum Gasteiger partial charge on any atom is 0.261 e. The summed E-state index contributed by atoms with van der Waals surface area (Å²) in [5.41, 5.74) is 1.90. The van der Waals surface area contributed by atoms with Crippen molar-refractivity contribution in [1.29, 1.82) is 10.7 Å². The second-order valence-corrected chi connectivity index (χ2v) is 7.45. The lowest BCUT2D eigenvalue weighted by atomic mass is 9.96. The zero-order valence-electron chi connectivity index (χ0n) is 14.7. The van der Waals surface area contributed by atoms with Crippen molar-refractivity contribution >= 4 is 33.2 Å². The number of anilines is 1. The van der Waals surface area contributed by atoms with Gasteiger partial charge in [-0.3, -0.25) is 10.2 Å². The van der Waals surface area contributed by atoms with Gasteiger partial charge in [0, 0.05) is 10.3 Å². The third-order valence-corrected chi connectivity index (χ3v) is 5.94. The molecule has 6 nitrogen and oxygen atoms in total. The number of methoxy groups -OCH3 is 1. The van der Waals surface area contributed by atoms with Gasteiger partial charge in [0.25, 0.3) is 5.91 Å². The number of carbonyl (C=O) groups is 1. The molecular formula is C20H17N3O3S. The molecule has 7 heteroatoms. The first-order valence-electron chi connectivity index (χ1n) is 8.64. The number of fused-ring (bicyclic) bond motifs is 2. The van der Waals surface area contributed by atoms with E-state index in [9.17, 15) is 10.1 Å². The first-order valence-corrected chi connectivity index (χ1v) is 9.45. The lowest BCUT2D eigenvalue weighted by Gasteiger charge is -2.09. The number of aryl methyl sites for hydroxylation is 1. The molecule has 1 aliphatic carbocycles. The summed E-state index contributed by atoms with van der Waals surface area (Å²) >= 11 is 1.46. The fourth-order valence-electron chi connectivity index (χ4n) is 3.41. The number of nitriles is 1. The van der Waals surface area contributed by atoms with Crippen LogP contribution in [0.1, 0.15) is 39.2 Å². The van der Waals surface area contributed by atoms with E-state index < -0.39 is 5.91 Å². The van der Waals surface area contributed by atoms with Gasteiger partial charge in [0.1, 0.15) is 16.6 Å². The summed E-state index contributed by atoms with van der Waals surface area (Å²) in [6.45, 7) is 0. The molecule has 0 spiro atoms. The monoisotopic (exact) mass is 379 g/mol. The second-order valence-electron chi connectivity index (χ2n) is 6.35. The van der Waals surface area contributed by atoms with Gasteiger partial charge in [-0.25, -0.2) is 0 Å². The molecule has 0 saturated carbocycles. The highest BCUT2D eigenvalue weighted by molar-refractivity contribution is 7.16. The van der Waals surface area contributed by atoms with E-state index in [0.29, 0.717) is 27.3 Å². The molecule has 1 amide bonds. The molecule has 0 atom stereocenters. The van der Waals surface area contributed by atoms with Crippen LogP contribution in [0.3, 0.4) is 0 Å². The molecule has 2 heterocycles. The van der Waals surface area contributed by atoms with E-state index in [1.54, 1.807) is 24.3 Å². The molecule has 0 unspecified atom stereocenters. The standard InChI is InChI=1S/C20H17N3O3S/c1-25-15-7-4-5-11-9-13(18(22)26-17(11)15)19(24)23-20-14(10-21)12-6-2-3-8-16(12)27-20/h4-5,7,9,22H,2-3,6,8H2,1H3,(H,23,24). The van der Waals surface area contributed by atoms with E-state index in [-0.39, 0.29) is 11.1 Å². The number of para-hydroxylation sites is 1. The molecule has 0 bridgehead atoms. The summed E-state index contributed by atoms with van der Waals surface area (Å²) < 4.78 is 10.8. The van der Waals surface area contributed by atoms with Crippen LogP contribution < -0.4 is 15.6 Å². The van der Waals surface area contributed by atoms with Crippen LogP contribution in [0.5, 0.6) is 5.75 Å². The largest absolute Gasteiger partial charge is 0.493 e. The summed E-state index contributed by atoms with van der Waals surface area (Å²) in [5, 5.41) is 21.7. The fourth-order valence-corrected chi connectivity index (χ4v) is 4.64. The predicted molar refractivity (Wildman–Crippen MR) is 102 cm³/mol. The number of rotatable bonds is 3. The van der Waals surface area contributed by atoms with E-state index >= 15 is 0 Å². The lowest BCUT2D eigenvalue weighted by molar-refractivity contribution is 0.102. The van der Waals surface area contributed by atoms with E-state index in [4.69, 9.17) is 14.6 Å². The highest BCUT2D eigenvalue weighted by Crippen LogP contribution is 2.37. The molecule has 136 valence electrons. The molecule has 27 heavy (non-hydrogen) atoms. The van der Waals surface area contributed by atoms with Gasteiger partial charge in [-0.15, -0.1) is 11.3 Å². The number of nitrogens with zero attached hydrogens (tertiary/aromatic N) is 1. The van der Waals surface area contributed by atoms with Gasteiger partial charge in [-0.1, -0.05) is 12.1 Å². The molecule has 0 fully saturated rings. The molecule has 2 N–H and O–H groups in total. The first-order chi connectivity index (χ1) is 13.1. The SMILES string of the molecule is COc1cccc2cc(C(=O)Nc3sc4c(c3C#N)CCCC4)c(=N)oc12. The Morgan fingerprint density at radius 2 is 2.19 bits per heavy atom. The van der Waals surface area contributed by atoms with Gasteiger partial charge in [0.05, 0.1) is 12.7 Å². The zero-order valence-corrected chi connectivity index (χ0v) is 15.5. The molecular weight excluding hydrogens is 362 g/mol. The van der Waals surface area contributed by atoms with Crippen LogP contribution in [0.25, 0.3) is 11.0 Å². The molecule has 0 saturated heterocycles. The number of amides is 1. The van der Waals surface area contributed by atoms with Crippen molar-refractivity contribution in [3.05, 3.63) is 51.4 Å². The Balaban J connectivity index is 1.72. The normalized spacial score (nSPS) is 13.0. The number of benzene rings is 1. The first kappa shape index (κ1) is 17.3. The molecule has 0 radical (unpaired) electrons. The maximum absolute atomic E-state index is 12.8. The maximum atomic E-state index is 12.8. The average molecular weight is 379 g/mol. The van der Waals surface area contributed by atoms with Gasteiger partial charge in [-0.2, -0.15) is 5.26 Å². The summed E-state index contributed by atoms with van der Waals surface area (Å²) in [7, 11) is 1.52. The molecule has 4 rings (SSSR count). The molecule has 2 aromatic heterocycles. The molecule has 3 aromatic rings. The summed E-state index contributed by atoms with van der Waals surface area (Å²) in [4.78, 5) is 14.0. The highest BCUT2D eigenvalue weighted by Gasteiger charge is 2.23. The smallest absolute Gasteiger partial charge is 0.261 e. The number of thiophene rings is 1. The Hall–Kier alpha value is -3.11. The topological polar surface area (TPSA) is 99.1 Å². The van der Waals surface area contributed by atoms with Crippen molar-refractivity contribution in [2.24, 2.45) is 0 Å².